The fourth-order valence-corrected chi connectivity index (χ4v) is 2.64. The van der Waals surface area contributed by atoms with E-state index in [0.29, 0.717) is 12.0 Å². The standard InChI is InChI=1S/C13H17N3/c1-2-5-9-8-12(9)16-11-7-4-3-6-10(11)15-13(16)14/h3-4,6-7,9,12H,2,5,8H2,1H3,(H2,14,15). The Hall–Kier alpha value is -1.51. The third kappa shape index (κ3) is 1.39. The van der Waals surface area contributed by atoms with Gasteiger partial charge in [-0.25, -0.2) is 4.98 Å². The van der Waals surface area contributed by atoms with Crippen LogP contribution in [0.5, 0.6) is 0 Å². The number of fused-ring (bicyclic) bond motifs is 1. The number of nitrogens with two attached hydrogens (primary N) is 1. The summed E-state index contributed by atoms with van der Waals surface area (Å²) in [4.78, 5) is 4.41. The molecule has 84 valence electrons. The lowest BCUT2D eigenvalue weighted by Gasteiger charge is -2.05. The number of para-hydroxylation sites is 2. The van der Waals surface area contributed by atoms with Crippen LogP contribution in [0, 0.1) is 5.92 Å². The van der Waals surface area contributed by atoms with E-state index < -0.39 is 0 Å². The average Bonchev–Trinajstić information content (AvgIpc) is 2.92. The monoisotopic (exact) mass is 215 g/mol. The highest BCUT2D eigenvalue weighted by Gasteiger charge is 2.39. The first kappa shape index (κ1) is 9.70. The molecule has 1 aromatic heterocycles. The maximum atomic E-state index is 6.00. The highest BCUT2D eigenvalue weighted by atomic mass is 15.2. The van der Waals surface area contributed by atoms with Gasteiger partial charge in [0.25, 0.3) is 0 Å². The molecule has 2 N–H and O–H groups in total. The Labute approximate surface area is 95.3 Å². The molecule has 1 fully saturated rings. The second-order valence-electron chi connectivity index (χ2n) is 4.68. The van der Waals surface area contributed by atoms with Gasteiger partial charge in [-0.15, -0.1) is 0 Å². The normalized spacial score (nSPS) is 23.8. The van der Waals surface area contributed by atoms with Crippen LogP contribution in [0.3, 0.4) is 0 Å². The molecule has 0 spiro atoms. The summed E-state index contributed by atoms with van der Waals surface area (Å²) in [5.74, 6) is 1.48. The Morgan fingerprint density at radius 1 is 1.44 bits per heavy atom. The number of rotatable bonds is 3. The molecule has 3 rings (SSSR count). The summed E-state index contributed by atoms with van der Waals surface area (Å²) in [6.45, 7) is 2.24. The largest absolute Gasteiger partial charge is 0.369 e. The van der Waals surface area contributed by atoms with Crippen LogP contribution in [0.15, 0.2) is 24.3 Å². The van der Waals surface area contributed by atoms with E-state index >= 15 is 0 Å². The molecule has 3 heteroatoms. The molecule has 1 aliphatic rings. The molecule has 2 aromatic rings. The number of hydrogen-bond donors (Lipinski definition) is 1. The molecule has 1 saturated carbocycles. The van der Waals surface area contributed by atoms with Crippen molar-refractivity contribution in [2.24, 2.45) is 5.92 Å². The molecular weight excluding hydrogens is 198 g/mol. The van der Waals surface area contributed by atoms with Crippen LogP contribution in [-0.2, 0) is 0 Å². The molecule has 2 atom stereocenters. The molecule has 16 heavy (non-hydrogen) atoms. The van der Waals surface area contributed by atoms with Gasteiger partial charge in [0.05, 0.1) is 11.0 Å². The van der Waals surface area contributed by atoms with Crippen LogP contribution in [0.25, 0.3) is 11.0 Å². The van der Waals surface area contributed by atoms with Crippen molar-refractivity contribution in [1.82, 2.24) is 9.55 Å². The van der Waals surface area contributed by atoms with Gasteiger partial charge in [0.15, 0.2) is 0 Å². The summed E-state index contributed by atoms with van der Waals surface area (Å²) in [5.41, 5.74) is 8.20. The predicted molar refractivity (Wildman–Crippen MR) is 66.2 cm³/mol. The van der Waals surface area contributed by atoms with Crippen molar-refractivity contribution in [3.8, 4) is 0 Å². The summed E-state index contributed by atoms with van der Waals surface area (Å²) < 4.78 is 2.22. The van der Waals surface area contributed by atoms with Crippen LogP contribution in [0.2, 0.25) is 0 Å². The van der Waals surface area contributed by atoms with Crippen molar-refractivity contribution < 1.29 is 0 Å². The van der Waals surface area contributed by atoms with E-state index in [2.05, 4.69) is 28.6 Å². The van der Waals surface area contributed by atoms with Gasteiger partial charge in [0.2, 0.25) is 5.95 Å². The van der Waals surface area contributed by atoms with Crippen molar-refractivity contribution in [2.45, 2.75) is 32.2 Å². The zero-order chi connectivity index (χ0) is 11.1. The van der Waals surface area contributed by atoms with Crippen LogP contribution >= 0.6 is 0 Å². The highest BCUT2D eigenvalue weighted by Crippen LogP contribution is 2.48. The zero-order valence-corrected chi connectivity index (χ0v) is 9.56. The molecule has 3 nitrogen and oxygen atoms in total. The number of aromatic nitrogens is 2. The molecule has 0 radical (unpaired) electrons. The van der Waals surface area contributed by atoms with Crippen LogP contribution < -0.4 is 5.73 Å². The van der Waals surface area contributed by atoms with E-state index in [0.717, 1.165) is 11.4 Å². The number of benzene rings is 1. The third-order valence-electron chi connectivity index (χ3n) is 3.50. The van der Waals surface area contributed by atoms with Gasteiger partial charge < -0.3 is 10.3 Å². The molecule has 0 amide bonds. The maximum Gasteiger partial charge on any atom is 0.201 e. The smallest absolute Gasteiger partial charge is 0.201 e. The van der Waals surface area contributed by atoms with Crippen molar-refractivity contribution in [1.29, 1.82) is 0 Å². The minimum atomic E-state index is 0.590. The number of imidazole rings is 1. The van der Waals surface area contributed by atoms with E-state index in [1.54, 1.807) is 0 Å². The highest BCUT2D eigenvalue weighted by molar-refractivity contribution is 5.78. The first-order chi connectivity index (χ1) is 7.81. The first-order valence-electron chi connectivity index (χ1n) is 6.03. The second-order valence-corrected chi connectivity index (χ2v) is 4.68. The maximum absolute atomic E-state index is 6.00. The van der Waals surface area contributed by atoms with Crippen LogP contribution in [-0.4, -0.2) is 9.55 Å². The number of anilines is 1. The summed E-state index contributed by atoms with van der Waals surface area (Å²) in [6.07, 6.45) is 3.82. The molecule has 0 bridgehead atoms. The lowest BCUT2D eigenvalue weighted by Crippen LogP contribution is -2.02. The van der Waals surface area contributed by atoms with Gasteiger partial charge in [0, 0.05) is 6.04 Å². The minimum absolute atomic E-state index is 0.590. The molecule has 0 saturated heterocycles. The Bertz CT molecular complexity index is 515. The second kappa shape index (κ2) is 3.51. The summed E-state index contributed by atoms with van der Waals surface area (Å²) in [5, 5.41) is 0. The Morgan fingerprint density at radius 2 is 2.25 bits per heavy atom. The Morgan fingerprint density at radius 3 is 3.06 bits per heavy atom. The molecule has 1 aromatic carbocycles. The van der Waals surface area contributed by atoms with E-state index in [1.165, 1.54) is 24.8 Å². The van der Waals surface area contributed by atoms with Gasteiger partial charge >= 0.3 is 0 Å². The lowest BCUT2D eigenvalue weighted by atomic mass is 10.2. The fourth-order valence-electron chi connectivity index (χ4n) is 2.64. The van der Waals surface area contributed by atoms with Crippen molar-refractivity contribution >= 4 is 17.0 Å². The molecule has 1 aliphatic carbocycles. The molecule has 2 unspecified atom stereocenters. The number of nitrogens with zero attached hydrogens (tertiary/aromatic N) is 2. The summed E-state index contributed by atoms with van der Waals surface area (Å²) >= 11 is 0. The predicted octanol–water partition coefficient (Wildman–Crippen LogP) is 2.98. The van der Waals surface area contributed by atoms with Crippen LogP contribution in [0.4, 0.5) is 5.95 Å². The Kier molecular flexibility index (Phi) is 2.13. The van der Waals surface area contributed by atoms with Crippen molar-refractivity contribution in [3.05, 3.63) is 24.3 Å². The summed E-state index contributed by atoms with van der Waals surface area (Å²) in [6, 6.07) is 8.79. The van der Waals surface area contributed by atoms with E-state index in [9.17, 15) is 0 Å². The summed E-state index contributed by atoms with van der Waals surface area (Å²) in [7, 11) is 0. The number of hydrogen-bond acceptors (Lipinski definition) is 2. The zero-order valence-electron chi connectivity index (χ0n) is 9.56. The quantitative estimate of drug-likeness (QED) is 0.855. The SMILES string of the molecule is CCCC1CC1n1c(N)nc2ccccc21. The lowest BCUT2D eigenvalue weighted by molar-refractivity contribution is 0.622. The van der Waals surface area contributed by atoms with Crippen LogP contribution in [0.1, 0.15) is 32.2 Å². The Balaban J connectivity index is 2.01. The van der Waals surface area contributed by atoms with Gasteiger partial charge in [-0.3, -0.25) is 0 Å². The topological polar surface area (TPSA) is 43.8 Å². The number of nitrogen functional groups attached to an aromatic ring is 1. The minimum Gasteiger partial charge on any atom is -0.369 e. The van der Waals surface area contributed by atoms with E-state index in [4.69, 9.17) is 5.73 Å². The van der Waals surface area contributed by atoms with E-state index in [1.807, 2.05) is 12.1 Å². The van der Waals surface area contributed by atoms with Gasteiger partial charge in [0.1, 0.15) is 0 Å². The average molecular weight is 215 g/mol. The van der Waals surface area contributed by atoms with E-state index in [-0.39, 0.29) is 0 Å². The molecule has 1 heterocycles. The first-order valence-corrected chi connectivity index (χ1v) is 6.03. The molecular formula is C13H17N3. The molecule has 0 aliphatic heterocycles. The van der Waals surface area contributed by atoms with Crippen molar-refractivity contribution in [2.75, 3.05) is 5.73 Å². The third-order valence-corrected chi connectivity index (χ3v) is 3.50. The van der Waals surface area contributed by atoms with Gasteiger partial charge in [-0.1, -0.05) is 25.5 Å². The van der Waals surface area contributed by atoms with Crippen molar-refractivity contribution in [3.63, 3.8) is 0 Å². The van der Waals surface area contributed by atoms with Gasteiger partial charge in [-0.2, -0.15) is 0 Å². The van der Waals surface area contributed by atoms with Gasteiger partial charge in [-0.05, 0) is 30.9 Å². The fraction of sp³-hybridized carbons (Fsp3) is 0.462.